The van der Waals surface area contributed by atoms with E-state index in [1.54, 1.807) is 0 Å². The normalized spacial score (nSPS) is 21.8. The van der Waals surface area contributed by atoms with E-state index in [4.69, 9.17) is 8.85 Å². The van der Waals surface area contributed by atoms with Crippen molar-refractivity contribution in [1.29, 1.82) is 0 Å². The first-order valence-corrected chi connectivity index (χ1v) is 9.99. The predicted molar refractivity (Wildman–Crippen MR) is 106 cm³/mol. The lowest BCUT2D eigenvalue weighted by Crippen LogP contribution is -2.62. The molecule has 1 saturated heterocycles. The van der Waals surface area contributed by atoms with E-state index in [1.807, 2.05) is 6.08 Å². The first-order chi connectivity index (χ1) is 11.7. The second-order valence-corrected chi connectivity index (χ2v) is 9.01. The van der Waals surface area contributed by atoms with E-state index in [2.05, 4.69) is 77.3 Å². The molecule has 4 heteroatoms. The molecule has 1 fully saturated rings. The van der Waals surface area contributed by atoms with Crippen molar-refractivity contribution >= 4 is 10.0 Å². The average molecular weight is 360 g/mol. The Morgan fingerprint density at radius 2 is 1.84 bits per heavy atom. The van der Waals surface area contributed by atoms with Gasteiger partial charge in [-0.2, -0.15) is 0 Å². The zero-order chi connectivity index (χ0) is 18.7. The van der Waals surface area contributed by atoms with Crippen molar-refractivity contribution < 1.29 is 8.85 Å². The number of benzene rings is 1. The summed E-state index contributed by atoms with van der Waals surface area (Å²) in [6.45, 7) is 18.2. The monoisotopic (exact) mass is 359 g/mol. The lowest BCUT2D eigenvalue weighted by Gasteiger charge is -2.55. The summed E-state index contributed by atoms with van der Waals surface area (Å²) in [6.07, 6.45) is 4.31. The molecule has 0 spiro atoms. The first kappa shape index (κ1) is 20.4. The first-order valence-electron chi connectivity index (χ1n) is 9.18. The van der Waals surface area contributed by atoms with Crippen LogP contribution in [0.2, 0.25) is 0 Å². The van der Waals surface area contributed by atoms with Gasteiger partial charge in [0.2, 0.25) is 0 Å². The van der Waals surface area contributed by atoms with Gasteiger partial charge >= 0.3 is 10.0 Å². The summed E-state index contributed by atoms with van der Waals surface area (Å²) >= 11 is 0. The van der Waals surface area contributed by atoms with Gasteiger partial charge in [0.25, 0.3) is 0 Å². The van der Waals surface area contributed by atoms with Crippen molar-refractivity contribution in [2.75, 3.05) is 6.54 Å². The predicted octanol–water partition coefficient (Wildman–Crippen LogP) is 4.83. The Hall–Kier alpha value is -0.943. The highest BCUT2D eigenvalue weighted by Crippen LogP contribution is 2.39. The minimum absolute atomic E-state index is 0.0569. The van der Waals surface area contributed by atoms with Crippen LogP contribution >= 0.6 is 0 Å². The molecule has 1 aliphatic heterocycles. The maximum absolute atomic E-state index is 6.17. The molecular weight excluding hydrogens is 326 g/mol. The van der Waals surface area contributed by atoms with Crippen LogP contribution in [0.4, 0.5) is 0 Å². The SMILES string of the molecule is C=CCN1C(C)(C)CC(O[Si]OC(C)c2ccccc2C)CC1(C)C. The summed E-state index contributed by atoms with van der Waals surface area (Å²) < 4.78 is 12.2. The van der Waals surface area contributed by atoms with Crippen LogP contribution in [0.1, 0.15) is 64.7 Å². The number of nitrogens with zero attached hydrogens (tertiary/aromatic N) is 1. The van der Waals surface area contributed by atoms with Crippen LogP contribution in [-0.2, 0) is 8.85 Å². The van der Waals surface area contributed by atoms with Crippen molar-refractivity contribution in [3.8, 4) is 0 Å². The summed E-state index contributed by atoms with van der Waals surface area (Å²) in [4.78, 5) is 2.53. The van der Waals surface area contributed by atoms with Gasteiger partial charge in [-0.25, -0.2) is 0 Å². The third-order valence-electron chi connectivity index (χ3n) is 5.29. The molecule has 1 unspecified atom stereocenters. The molecule has 2 radical (unpaired) electrons. The van der Waals surface area contributed by atoms with Gasteiger partial charge < -0.3 is 8.85 Å². The van der Waals surface area contributed by atoms with E-state index in [0.29, 0.717) is 0 Å². The Kier molecular flexibility index (Phi) is 6.66. The molecule has 2 rings (SSSR count). The van der Waals surface area contributed by atoms with Crippen LogP contribution in [-0.4, -0.2) is 38.6 Å². The van der Waals surface area contributed by atoms with Crippen LogP contribution in [0.5, 0.6) is 0 Å². The van der Waals surface area contributed by atoms with E-state index >= 15 is 0 Å². The zero-order valence-electron chi connectivity index (χ0n) is 16.6. The van der Waals surface area contributed by atoms with Gasteiger partial charge in [0.15, 0.2) is 0 Å². The van der Waals surface area contributed by atoms with Gasteiger partial charge in [0.1, 0.15) is 0 Å². The van der Waals surface area contributed by atoms with Crippen LogP contribution in [0.15, 0.2) is 36.9 Å². The van der Waals surface area contributed by atoms with Crippen LogP contribution in [0, 0.1) is 6.92 Å². The summed E-state index contributed by atoms with van der Waals surface area (Å²) in [5.74, 6) is 0. The topological polar surface area (TPSA) is 21.7 Å². The maximum Gasteiger partial charge on any atom is 0.434 e. The number of piperidine rings is 1. The van der Waals surface area contributed by atoms with Gasteiger partial charge in [-0.15, -0.1) is 6.58 Å². The Morgan fingerprint density at radius 3 is 2.40 bits per heavy atom. The van der Waals surface area contributed by atoms with E-state index in [-0.39, 0.29) is 33.3 Å². The van der Waals surface area contributed by atoms with Crippen LogP contribution in [0.25, 0.3) is 0 Å². The third-order valence-corrected chi connectivity index (χ3v) is 6.17. The van der Waals surface area contributed by atoms with Crippen molar-refractivity contribution in [3.63, 3.8) is 0 Å². The summed E-state index contributed by atoms with van der Waals surface area (Å²) in [5, 5.41) is 0. The second-order valence-electron chi connectivity index (χ2n) is 8.37. The highest BCUT2D eigenvalue weighted by molar-refractivity contribution is 6.18. The van der Waals surface area contributed by atoms with Gasteiger partial charge in [-0.3, -0.25) is 4.90 Å². The number of likely N-dealkylation sites (tertiary alicyclic amines) is 1. The summed E-state index contributed by atoms with van der Waals surface area (Å²) in [6, 6.07) is 8.38. The molecule has 0 N–H and O–H groups in total. The maximum atomic E-state index is 6.17. The van der Waals surface area contributed by atoms with Gasteiger partial charge in [0, 0.05) is 17.6 Å². The van der Waals surface area contributed by atoms with Crippen LogP contribution in [0.3, 0.4) is 0 Å². The second kappa shape index (κ2) is 8.17. The quantitative estimate of drug-likeness (QED) is 0.514. The Labute approximate surface area is 156 Å². The van der Waals surface area contributed by atoms with Gasteiger partial charge in [-0.1, -0.05) is 30.3 Å². The van der Waals surface area contributed by atoms with Crippen molar-refractivity contribution in [2.24, 2.45) is 0 Å². The molecule has 3 nitrogen and oxygen atoms in total. The molecule has 1 aliphatic rings. The molecule has 0 aromatic heterocycles. The highest BCUT2D eigenvalue weighted by atomic mass is 28.3. The number of aryl methyl sites for hydroxylation is 1. The zero-order valence-corrected chi connectivity index (χ0v) is 17.6. The lowest BCUT2D eigenvalue weighted by atomic mass is 9.78. The fourth-order valence-corrected chi connectivity index (χ4v) is 4.84. The van der Waals surface area contributed by atoms with E-state index in [1.165, 1.54) is 11.1 Å². The standard InChI is InChI=1S/C21H33NO2Si/c1-8-13-22-20(4,5)14-18(15-21(22,6)7)24-25-23-17(3)19-12-10-9-11-16(19)2/h8-12,17-18H,1,13-15H2,2-7H3. The fourth-order valence-electron chi connectivity index (χ4n) is 4.21. The van der Waals surface area contributed by atoms with E-state index in [0.717, 1.165) is 19.4 Å². The molecule has 1 atom stereocenters. The molecule has 25 heavy (non-hydrogen) atoms. The number of rotatable bonds is 7. The van der Waals surface area contributed by atoms with Crippen LogP contribution < -0.4 is 0 Å². The molecule has 1 aromatic carbocycles. The molecule has 1 heterocycles. The largest absolute Gasteiger partial charge is 0.434 e. The Bertz CT molecular complexity index is 567. The van der Waals surface area contributed by atoms with Gasteiger partial charge in [0.05, 0.1) is 12.2 Å². The minimum atomic E-state index is 0.0569. The molecule has 0 aliphatic carbocycles. The Morgan fingerprint density at radius 1 is 1.24 bits per heavy atom. The van der Waals surface area contributed by atoms with E-state index in [9.17, 15) is 0 Å². The molecule has 138 valence electrons. The van der Waals surface area contributed by atoms with Crippen molar-refractivity contribution in [2.45, 2.75) is 77.7 Å². The molecule has 0 amide bonds. The van der Waals surface area contributed by atoms with Gasteiger partial charge in [-0.05, 0) is 65.5 Å². The highest BCUT2D eigenvalue weighted by Gasteiger charge is 2.45. The third kappa shape index (κ3) is 5.04. The molecule has 1 aromatic rings. The average Bonchev–Trinajstić information content (AvgIpc) is 2.50. The molecule has 0 bridgehead atoms. The van der Waals surface area contributed by atoms with Crippen molar-refractivity contribution in [3.05, 3.63) is 48.0 Å². The molecular formula is C21H33NO2Si. The summed E-state index contributed by atoms with van der Waals surface area (Å²) in [5.41, 5.74) is 2.68. The fraction of sp³-hybridized carbons (Fsp3) is 0.619. The Balaban J connectivity index is 1.91. The van der Waals surface area contributed by atoms with E-state index < -0.39 is 0 Å². The molecule has 0 saturated carbocycles. The number of hydrogen-bond acceptors (Lipinski definition) is 3. The summed E-state index contributed by atoms with van der Waals surface area (Å²) in [7, 11) is 0.0718. The van der Waals surface area contributed by atoms with Crippen molar-refractivity contribution in [1.82, 2.24) is 4.90 Å². The smallest absolute Gasteiger partial charge is 0.389 e. The minimum Gasteiger partial charge on any atom is -0.389 e. The number of hydrogen-bond donors (Lipinski definition) is 0. The lowest BCUT2D eigenvalue weighted by molar-refractivity contribution is -0.0703.